The quantitative estimate of drug-likeness (QED) is 0.343. The highest BCUT2D eigenvalue weighted by Crippen LogP contribution is 2.26. The maximum absolute atomic E-state index is 13.8. The molecule has 0 amide bonds. The summed E-state index contributed by atoms with van der Waals surface area (Å²) in [5, 5.41) is 0.651. The number of aromatic nitrogens is 2. The van der Waals surface area contributed by atoms with Crippen LogP contribution in [0.15, 0.2) is 47.6 Å². The van der Waals surface area contributed by atoms with E-state index in [2.05, 4.69) is 4.98 Å². The number of carbonyl (C=O) groups is 2. The number of esters is 1. The average molecular weight is 386 g/mol. The zero-order valence-electron chi connectivity index (χ0n) is 15.1. The largest absolute Gasteiger partial charge is 0.462 e. The van der Waals surface area contributed by atoms with Crippen LogP contribution in [-0.4, -0.2) is 33.7 Å². The highest BCUT2D eigenvalue weighted by atomic mass is 32.2. The van der Waals surface area contributed by atoms with Crippen LogP contribution in [0.1, 0.15) is 34.6 Å². The minimum atomic E-state index is -0.522. The van der Waals surface area contributed by atoms with E-state index in [0.29, 0.717) is 29.4 Å². The first-order valence-corrected chi connectivity index (χ1v) is 9.61. The molecule has 0 spiro atoms. The molecule has 1 heterocycles. The Balaban J connectivity index is 1.84. The van der Waals surface area contributed by atoms with E-state index in [4.69, 9.17) is 4.74 Å². The first-order chi connectivity index (χ1) is 13.0. The van der Waals surface area contributed by atoms with Crippen molar-refractivity contribution < 1.29 is 18.7 Å². The van der Waals surface area contributed by atoms with Crippen molar-refractivity contribution in [1.29, 1.82) is 0 Å². The van der Waals surface area contributed by atoms with Crippen LogP contribution in [0, 0.1) is 5.82 Å². The standard InChI is InChI=1S/C20H19FN2O3S/c1-3-23-17-10-9-13(19(25)26-4-2)11-16(17)22-20(23)27-12-18(24)14-7-5-6-8-15(14)21/h5-11H,3-4,12H2,1-2H3. The summed E-state index contributed by atoms with van der Waals surface area (Å²) in [4.78, 5) is 28.8. The number of nitrogens with zero attached hydrogens (tertiary/aromatic N) is 2. The maximum atomic E-state index is 13.8. The van der Waals surface area contributed by atoms with Gasteiger partial charge in [-0.05, 0) is 44.2 Å². The molecule has 7 heteroatoms. The van der Waals surface area contributed by atoms with Crippen molar-refractivity contribution in [3.63, 3.8) is 0 Å². The molecule has 1 aromatic heterocycles. The van der Waals surface area contributed by atoms with E-state index >= 15 is 0 Å². The van der Waals surface area contributed by atoms with Crippen LogP contribution in [0.2, 0.25) is 0 Å². The number of hydrogen-bond donors (Lipinski definition) is 0. The number of halogens is 1. The molecular weight excluding hydrogens is 367 g/mol. The number of fused-ring (bicyclic) bond motifs is 1. The summed E-state index contributed by atoms with van der Waals surface area (Å²) in [5.41, 5.74) is 2.03. The molecule has 27 heavy (non-hydrogen) atoms. The van der Waals surface area contributed by atoms with Gasteiger partial charge in [-0.1, -0.05) is 23.9 Å². The Bertz CT molecular complexity index is 1000. The smallest absolute Gasteiger partial charge is 0.338 e. The number of ether oxygens (including phenoxy) is 1. The Hall–Kier alpha value is -2.67. The number of ketones is 1. The molecule has 3 aromatic rings. The van der Waals surface area contributed by atoms with Gasteiger partial charge in [-0.3, -0.25) is 4.79 Å². The first-order valence-electron chi connectivity index (χ1n) is 8.63. The molecule has 5 nitrogen and oxygen atoms in total. The molecule has 2 aromatic carbocycles. The van der Waals surface area contributed by atoms with Gasteiger partial charge in [-0.15, -0.1) is 0 Å². The van der Waals surface area contributed by atoms with E-state index in [9.17, 15) is 14.0 Å². The summed E-state index contributed by atoms with van der Waals surface area (Å²) in [7, 11) is 0. The van der Waals surface area contributed by atoms with Crippen LogP contribution in [0.3, 0.4) is 0 Å². The minimum Gasteiger partial charge on any atom is -0.462 e. The second-order valence-electron chi connectivity index (χ2n) is 5.75. The number of carbonyl (C=O) groups excluding carboxylic acids is 2. The van der Waals surface area contributed by atoms with Crippen LogP contribution in [-0.2, 0) is 11.3 Å². The van der Waals surface area contributed by atoms with E-state index in [1.165, 1.54) is 23.9 Å². The molecule has 0 unspecified atom stereocenters. The number of Topliss-reactive ketones (excluding diaryl/α,β-unsaturated/α-hetero) is 1. The Morgan fingerprint density at radius 2 is 1.96 bits per heavy atom. The monoisotopic (exact) mass is 386 g/mol. The van der Waals surface area contributed by atoms with E-state index in [1.807, 2.05) is 17.6 Å². The maximum Gasteiger partial charge on any atom is 0.338 e. The van der Waals surface area contributed by atoms with Crippen molar-refractivity contribution in [2.75, 3.05) is 12.4 Å². The van der Waals surface area contributed by atoms with Crippen molar-refractivity contribution in [2.24, 2.45) is 0 Å². The first kappa shape index (κ1) is 19.1. The lowest BCUT2D eigenvalue weighted by molar-refractivity contribution is 0.0526. The molecule has 0 aliphatic heterocycles. The molecule has 0 bridgehead atoms. The zero-order valence-corrected chi connectivity index (χ0v) is 15.9. The number of thioether (sulfide) groups is 1. The molecule has 3 rings (SSSR count). The lowest BCUT2D eigenvalue weighted by Gasteiger charge is -2.06. The lowest BCUT2D eigenvalue weighted by Crippen LogP contribution is -2.06. The lowest BCUT2D eigenvalue weighted by atomic mass is 10.1. The van der Waals surface area contributed by atoms with Crippen LogP contribution in [0.5, 0.6) is 0 Å². The third-order valence-electron chi connectivity index (χ3n) is 4.05. The predicted molar refractivity (Wildman–Crippen MR) is 103 cm³/mol. The summed E-state index contributed by atoms with van der Waals surface area (Å²) in [6, 6.07) is 11.1. The number of hydrogen-bond acceptors (Lipinski definition) is 5. The van der Waals surface area contributed by atoms with Crippen molar-refractivity contribution in [3.8, 4) is 0 Å². The second-order valence-corrected chi connectivity index (χ2v) is 6.70. The molecule has 0 aliphatic rings. The van der Waals surface area contributed by atoms with Gasteiger partial charge < -0.3 is 9.30 Å². The molecule has 0 saturated carbocycles. The highest BCUT2D eigenvalue weighted by molar-refractivity contribution is 7.99. The van der Waals surface area contributed by atoms with E-state index < -0.39 is 11.8 Å². The Kier molecular flexibility index (Phi) is 5.91. The van der Waals surface area contributed by atoms with Crippen molar-refractivity contribution in [1.82, 2.24) is 9.55 Å². The molecule has 0 radical (unpaired) electrons. The van der Waals surface area contributed by atoms with Gasteiger partial charge in [-0.25, -0.2) is 14.2 Å². The topological polar surface area (TPSA) is 61.2 Å². The minimum absolute atomic E-state index is 0.0776. The average Bonchev–Trinajstić information content (AvgIpc) is 3.03. The van der Waals surface area contributed by atoms with Gasteiger partial charge in [0, 0.05) is 6.54 Å². The van der Waals surface area contributed by atoms with Crippen LogP contribution in [0.4, 0.5) is 4.39 Å². The van der Waals surface area contributed by atoms with Gasteiger partial charge in [0.05, 0.1) is 34.5 Å². The van der Waals surface area contributed by atoms with Gasteiger partial charge in [0.2, 0.25) is 0 Å². The van der Waals surface area contributed by atoms with Crippen LogP contribution in [0.25, 0.3) is 11.0 Å². The van der Waals surface area contributed by atoms with E-state index in [0.717, 1.165) is 5.52 Å². The zero-order chi connectivity index (χ0) is 19.4. The summed E-state index contributed by atoms with van der Waals surface area (Å²) in [6.45, 7) is 4.69. The predicted octanol–water partition coefficient (Wildman–Crippen LogP) is 4.35. The number of benzene rings is 2. The van der Waals surface area contributed by atoms with Gasteiger partial charge in [-0.2, -0.15) is 0 Å². The molecule has 140 valence electrons. The summed E-state index contributed by atoms with van der Waals surface area (Å²) < 4.78 is 20.7. The molecule has 0 N–H and O–H groups in total. The fourth-order valence-electron chi connectivity index (χ4n) is 2.76. The van der Waals surface area contributed by atoms with E-state index in [-0.39, 0.29) is 17.1 Å². The van der Waals surface area contributed by atoms with Crippen LogP contribution < -0.4 is 0 Å². The Morgan fingerprint density at radius 1 is 1.19 bits per heavy atom. The van der Waals surface area contributed by atoms with Gasteiger partial charge >= 0.3 is 5.97 Å². The fourth-order valence-corrected chi connectivity index (χ4v) is 3.72. The third-order valence-corrected chi connectivity index (χ3v) is 5.02. The molecular formula is C20H19FN2O3S. The van der Waals surface area contributed by atoms with Crippen LogP contribution >= 0.6 is 11.8 Å². The summed E-state index contributed by atoms with van der Waals surface area (Å²) in [5.74, 6) is -1.13. The number of imidazole rings is 1. The highest BCUT2D eigenvalue weighted by Gasteiger charge is 2.16. The summed E-state index contributed by atoms with van der Waals surface area (Å²) in [6.07, 6.45) is 0. The third kappa shape index (κ3) is 4.03. The van der Waals surface area contributed by atoms with Crippen molar-refractivity contribution >= 4 is 34.5 Å². The van der Waals surface area contributed by atoms with Gasteiger partial charge in [0.15, 0.2) is 10.9 Å². The SMILES string of the molecule is CCOC(=O)c1ccc2c(c1)nc(SCC(=O)c1ccccc1F)n2CC. The number of rotatable bonds is 7. The van der Waals surface area contributed by atoms with Gasteiger partial charge in [0.1, 0.15) is 5.82 Å². The fraction of sp³-hybridized carbons (Fsp3) is 0.250. The normalized spacial score (nSPS) is 10.9. The Morgan fingerprint density at radius 3 is 2.67 bits per heavy atom. The van der Waals surface area contributed by atoms with Gasteiger partial charge in [0.25, 0.3) is 0 Å². The van der Waals surface area contributed by atoms with Crippen molar-refractivity contribution in [2.45, 2.75) is 25.5 Å². The molecule has 0 aliphatic carbocycles. The van der Waals surface area contributed by atoms with Crippen molar-refractivity contribution in [3.05, 3.63) is 59.4 Å². The molecule has 0 atom stereocenters. The molecule has 0 saturated heterocycles. The second kappa shape index (κ2) is 8.35. The van der Waals surface area contributed by atoms with E-state index in [1.54, 1.807) is 31.2 Å². The Labute approximate surface area is 160 Å². The molecule has 0 fully saturated rings. The summed E-state index contributed by atoms with van der Waals surface area (Å²) >= 11 is 1.25. The number of aryl methyl sites for hydroxylation is 1.